The molecule has 0 radical (unpaired) electrons. The first-order chi connectivity index (χ1) is 5.11. The van der Waals surface area contributed by atoms with Crippen molar-refractivity contribution < 1.29 is 20.1 Å². The summed E-state index contributed by atoms with van der Waals surface area (Å²) in [5, 5.41) is 26.5. The third-order valence-electron chi connectivity index (χ3n) is 1.82. The van der Waals surface area contributed by atoms with Gasteiger partial charge in [-0.1, -0.05) is 0 Å². The maximum absolute atomic E-state index is 10.3. The summed E-state index contributed by atoms with van der Waals surface area (Å²) in [6, 6.07) is 0. The van der Waals surface area contributed by atoms with Gasteiger partial charge in [0.25, 0.3) is 0 Å². The fourth-order valence-electron chi connectivity index (χ4n) is 1.09. The molecule has 0 unspecified atom stereocenters. The molecule has 3 N–H and O–H groups in total. The number of carbonyl (C=O) groups is 1. The molecule has 1 aliphatic heterocycles. The minimum atomic E-state index is -1.05. The normalized spacial score (nSPS) is 32.0. The van der Waals surface area contributed by atoms with E-state index in [2.05, 4.69) is 0 Å². The Morgan fingerprint density at radius 3 is 2.45 bits per heavy atom. The molecule has 64 valence electrons. The van der Waals surface area contributed by atoms with Gasteiger partial charge in [0.05, 0.1) is 18.8 Å². The van der Waals surface area contributed by atoms with Gasteiger partial charge in [-0.3, -0.25) is 0 Å². The van der Waals surface area contributed by atoms with Crippen molar-refractivity contribution in [2.24, 2.45) is 0 Å². The SMILES string of the molecule is O=C(O)N1CC[C@H](O)[C@@H](O)C1. The molecule has 0 aromatic carbocycles. The van der Waals surface area contributed by atoms with Gasteiger partial charge in [0.2, 0.25) is 0 Å². The fourth-order valence-corrected chi connectivity index (χ4v) is 1.09. The minimum Gasteiger partial charge on any atom is -0.465 e. The molecular formula is C6H11NO4. The van der Waals surface area contributed by atoms with Gasteiger partial charge in [0.15, 0.2) is 0 Å². The van der Waals surface area contributed by atoms with Crippen LogP contribution in [0.25, 0.3) is 0 Å². The molecule has 1 aliphatic rings. The summed E-state index contributed by atoms with van der Waals surface area (Å²) >= 11 is 0. The molecular weight excluding hydrogens is 150 g/mol. The second-order valence-electron chi connectivity index (χ2n) is 2.65. The van der Waals surface area contributed by atoms with Crippen LogP contribution < -0.4 is 0 Å². The molecule has 1 saturated heterocycles. The van der Waals surface area contributed by atoms with E-state index in [0.29, 0.717) is 13.0 Å². The molecule has 11 heavy (non-hydrogen) atoms. The van der Waals surface area contributed by atoms with Gasteiger partial charge < -0.3 is 20.2 Å². The van der Waals surface area contributed by atoms with E-state index < -0.39 is 18.3 Å². The Labute approximate surface area is 63.9 Å². The van der Waals surface area contributed by atoms with E-state index in [1.807, 2.05) is 0 Å². The van der Waals surface area contributed by atoms with Crippen LogP contribution >= 0.6 is 0 Å². The van der Waals surface area contributed by atoms with Crippen LogP contribution in [0.2, 0.25) is 0 Å². The zero-order chi connectivity index (χ0) is 8.43. The smallest absolute Gasteiger partial charge is 0.407 e. The van der Waals surface area contributed by atoms with Crippen molar-refractivity contribution in [1.82, 2.24) is 4.90 Å². The summed E-state index contributed by atoms with van der Waals surface area (Å²) in [6.07, 6.45) is -2.44. The van der Waals surface area contributed by atoms with Crippen LogP contribution in [-0.2, 0) is 0 Å². The molecule has 0 aromatic rings. The Morgan fingerprint density at radius 2 is 2.00 bits per heavy atom. The lowest BCUT2D eigenvalue weighted by Gasteiger charge is -2.31. The molecule has 5 heteroatoms. The molecule has 0 bridgehead atoms. The summed E-state index contributed by atoms with van der Waals surface area (Å²) in [4.78, 5) is 11.4. The number of rotatable bonds is 0. The highest BCUT2D eigenvalue weighted by Crippen LogP contribution is 2.10. The Morgan fingerprint density at radius 1 is 1.36 bits per heavy atom. The van der Waals surface area contributed by atoms with Gasteiger partial charge in [0, 0.05) is 6.54 Å². The van der Waals surface area contributed by atoms with Crippen molar-refractivity contribution in [2.45, 2.75) is 18.6 Å². The lowest BCUT2D eigenvalue weighted by Crippen LogP contribution is -2.48. The molecule has 1 rings (SSSR count). The third kappa shape index (κ3) is 1.81. The summed E-state index contributed by atoms with van der Waals surface area (Å²) in [7, 11) is 0. The maximum Gasteiger partial charge on any atom is 0.407 e. The Balaban J connectivity index is 2.46. The van der Waals surface area contributed by atoms with Gasteiger partial charge in [-0.05, 0) is 6.42 Å². The highest BCUT2D eigenvalue weighted by molar-refractivity contribution is 5.65. The van der Waals surface area contributed by atoms with Crippen LogP contribution in [0, 0.1) is 0 Å². The maximum atomic E-state index is 10.3. The predicted molar refractivity (Wildman–Crippen MR) is 36.2 cm³/mol. The number of likely N-dealkylation sites (tertiary alicyclic amines) is 1. The predicted octanol–water partition coefficient (Wildman–Crippen LogP) is -0.908. The van der Waals surface area contributed by atoms with Crippen LogP contribution in [0.5, 0.6) is 0 Å². The molecule has 1 fully saturated rings. The zero-order valence-corrected chi connectivity index (χ0v) is 5.97. The monoisotopic (exact) mass is 161 g/mol. The Kier molecular flexibility index (Phi) is 2.31. The average Bonchev–Trinajstić information content (AvgIpc) is 1.94. The fraction of sp³-hybridized carbons (Fsp3) is 0.833. The molecule has 2 atom stereocenters. The number of hydrogen-bond acceptors (Lipinski definition) is 3. The van der Waals surface area contributed by atoms with E-state index in [-0.39, 0.29) is 6.54 Å². The lowest BCUT2D eigenvalue weighted by atomic mass is 10.1. The quantitative estimate of drug-likeness (QED) is 0.429. The number of carboxylic acid groups (broad SMARTS) is 1. The number of amides is 1. The summed E-state index contributed by atoms with van der Waals surface area (Å²) in [6.45, 7) is 0.310. The molecule has 0 saturated carbocycles. The summed E-state index contributed by atoms with van der Waals surface area (Å²) in [5.41, 5.74) is 0. The van der Waals surface area contributed by atoms with Crippen molar-refractivity contribution in [2.75, 3.05) is 13.1 Å². The number of β-amino-alcohol motifs (C(OH)–C–C–N with tert-alkyl or cyclic N) is 1. The zero-order valence-electron chi connectivity index (χ0n) is 5.97. The molecule has 1 amide bonds. The van der Waals surface area contributed by atoms with E-state index >= 15 is 0 Å². The third-order valence-corrected chi connectivity index (χ3v) is 1.82. The van der Waals surface area contributed by atoms with E-state index in [1.165, 1.54) is 0 Å². The van der Waals surface area contributed by atoms with Crippen molar-refractivity contribution in [3.63, 3.8) is 0 Å². The van der Waals surface area contributed by atoms with E-state index in [9.17, 15) is 4.79 Å². The number of nitrogens with zero attached hydrogens (tertiary/aromatic N) is 1. The van der Waals surface area contributed by atoms with Crippen molar-refractivity contribution in [1.29, 1.82) is 0 Å². The standard InChI is InChI=1S/C6H11NO4/c8-4-1-2-7(6(10)11)3-5(4)9/h4-5,8-9H,1-3H2,(H,10,11)/t4-,5-/m0/s1. The second-order valence-corrected chi connectivity index (χ2v) is 2.65. The average molecular weight is 161 g/mol. The number of aliphatic hydroxyl groups excluding tert-OH is 2. The molecule has 0 spiro atoms. The van der Waals surface area contributed by atoms with Crippen molar-refractivity contribution in [3.8, 4) is 0 Å². The lowest BCUT2D eigenvalue weighted by molar-refractivity contribution is -0.0328. The van der Waals surface area contributed by atoms with Crippen LogP contribution in [0.4, 0.5) is 4.79 Å². The minimum absolute atomic E-state index is 0.0104. The summed E-state index contributed by atoms with van der Waals surface area (Å²) in [5.74, 6) is 0. The molecule has 0 aromatic heterocycles. The van der Waals surface area contributed by atoms with Crippen LogP contribution in [0.15, 0.2) is 0 Å². The molecule has 1 heterocycles. The van der Waals surface area contributed by atoms with Gasteiger partial charge in [-0.15, -0.1) is 0 Å². The van der Waals surface area contributed by atoms with Gasteiger partial charge >= 0.3 is 6.09 Å². The van der Waals surface area contributed by atoms with Crippen molar-refractivity contribution in [3.05, 3.63) is 0 Å². The van der Waals surface area contributed by atoms with Crippen LogP contribution in [0.3, 0.4) is 0 Å². The number of piperidine rings is 1. The first-order valence-corrected chi connectivity index (χ1v) is 3.45. The van der Waals surface area contributed by atoms with Gasteiger partial charge in [0.1, 0.15) is 0 Å². The first kappa shape index (κ1) is 8.29. The summed E-state index contributed by atoms with van der Waals surface area (Å²) < 4.78 is 0. The van der Waals surface area contributed by atoms with Crippen LogP contribution in [0.1, 0.15) is 6.42 Å². The molecule has 0 aliphatic carbocycles. The topological polar surface area (TPSA) is 81.0 Å². The Bertz CT molecular complexity index is 161. The van der Waals surface area contributed by atoms with Gasteiger partial charge in [-0.2, -0.15) is 0 Å². The van der Waals surface area contributed by atoms with Gasteiger partial charge in [-0.25, -0.2) is 4.79 Å². The first-order valence-electron chi connectivity index (χ1n) is 3.45. The van der Waals surface area contributed by atoms with Crippen molar-refractivity contribution >= 4 is 6.09 Å². The number of hydrogen-bond donors (Lipinski definition) is 3. The largest absolute Gasteiger partial charge is 0.465 e. The van der Waals surface area contributed by atoms with E-state index in [0.717, 1.165) is 4.90 Å². The highest BCUT2D eigenvalue weighted by atomic mass is 16.4. The molecule has 5 nitrogen and oxygen atoms in total. The van der Waals surface area contributed by atoms with E-state index in [1.54, 1.807) is 0 Å². The van der Waals surface area contributed by atoms with E-state index in [4.69, 9.17) is 15.3 Å². The Hall–Kier alpha value is -0.810. The second kappa shape index (κ2) is 3.06. The number of aliphatic hydroxyl groups is 2. The highest BCUT2D eigenvalue weighted by Gasteiger charge is 2.28. The van der Waals surface area contributed by atoms with Crippen LogP contribution in [-0.4, -0.2) is 51.6 Å².